The van der Waals surface area contributed by atoms with Crippen molar-refractivity contribution >= 4 is 40.7 Å². The van der Waals surface area contributed by atoms with E-state index in [9.17, 15) is 14.7 Å². The highest BCUT2D eigenvalue weighted by Gasteiger charge is 2.46. The monoisotopic (exact) mass is 496 g/mol. The molecule has 1 amide bonds. The third-order valence-electron chi connectivity index (χ3n) is 5.69. The summed E-state index contributed by atoms with van der Waals surface area (Å²) in [6, 6.07) is 12.3. The van der Waals surface area contributed by atoms with E-state index >= 15 is 0 Å². The number of ether oxygens (including phenoxy) is 2. The number of aliphatic hydroxyl groups is 1. The lowest BCUT2D eigenvalue weighted by Crippen LogP contribution is -2.29. The number of aliphatic hydroxyl groups excluding tert-OH is 1. The number of ketones is 1. The number of pyridine rings is 1. The van der Waals surface area contributed by atoms with Crippen molar-refractivity contribution in [2.45, 2.75) is 12.6 Å². The molecule has 0 bridgehead atoms. The van der Waals surface area contributed by atoms with Crippen molar-refractivity contribution in [2.75, 3.05) is 13.2 Å². The van der Waals surface area contributed by atoms with E-state index in [1.165, 1.54) is 11.0 Å². The van der Waals surface area contributed by atoms with Gasteiger partial charge in [-0.15, -0.1) is 0 Å². The molecule has 9 heteroatoms. The molecule has 2 aromatic carbocycles. The Morgan fingerprint density at radius 1 is 1.06 bits per heavy atom. The summed E-state index contributed by atoms with van der Waals surface area (Å²) < 4.78 is 11.1. The van der Waals surface area contributed by atoms with E-state index < -0.39 is 17.7 Å². The fourth-order valence-electron chi connectivity index (χ4n) is 4.12. The summed E-state index contributed by atoms with van der Waals surface area (Å²) in [5.74, 6) is -0.913. The Morgan fingerprint density at radius 2 is 1.85 bits per heavy atom. The summed E-state index contributed by atoms with van der Waals surface area (Å²) in [5.41, 5.74) is 1.43. The Balaban J connectivity index is 1.66. The lowest BCUT2D eigenvalue weighted by atomic mass is 9.95. The van der Waals surface area contributed by atoms with Gasteiger partial charge in [-0.1, -0.05) is 35.3 Å². The number of halogens is 2. The van der Waals surface area contributed by atoms with Crippen LogP contribution in [0.15, 0.2) is 66.5 Å². The molecule has 172 valence electrons. The first-order valence-corrected chi connectivity index (χ1v) is 11.2. The van der Waals surface area contributed by atoms with Gasteiger partial charge in [0.05, 0.1) is 11.6 Å². The van der Waals surface area contributed by atoms with Crippen LogP contribution < -0.4 is 9.47 Å². The zero-order valence-corrected chi connectivity index (χ0v) is 19.2. The maximum atomic E-state index is 13.2. The van der Waals surface area contributed by atoms with Crippen LogP contribution in [-0.4, -0.2) is 39.9 Å². The third kappa shape index (κ3) is 3.97. The van der Waals surface area contributed by atoms with Crippen LogP contribution in [0.4, 0.5) is 0 Å². The van der Waals surface area contributed by atoms with Gasteiger partial charge in [0.15, 0.2) is 11.5 Å². The van der Waals surface area contributed by atoms with Crippen LogP contribution >= 0.6 is 23.2 Å². The molecule has 0 spiro atoms. The van der Waals surface area contributed by atoms with Crippen LogP contribution in [0, 0.1) is 0 Å². The normalized spacial score (nSPS) is 18.9. The Labute approximate surface area is 205 Å². The average Bonchev–Trinajstić information content (AvgIpc) is 3.09. The zero-order chi connectivity index (χ0) is 23.8. The summed E-state index contributed by atoms with van der Waals surface area (Å²) in [6.45, 7) is 0.889. The van der Waals surface area contributed by atoms with Crippen molar-refractivity contribution in [3.05, 3.63) is 93.2 Å². The Kier molecular flexibility index (Phi) is 5.89. The largest absolute Gasteiger partial charge is 0.507 e. The van der Waals surface area contributed by atoms with Gasteiger partial charge < -0.3 is 19.5 Å². The molecule has 5 rings (SSSR count). The van der Waals surface area contributed by atoms with E-state index in [2.05, 4.69) is 4.98 Å². The first-order chi connectivity index (χ1) is 16.4. The van der Waals surface area contributed by atoms with E-state index in [4.69, 9.17) is 32.7 Å². The molecule has 1 unspecified atom stereocenters. The number of nitrogens with zero attached hydrogens (tertiary/aromatic N) is 2. The highest BCUT2D eigenvalue weighted by Crippen LogP contribution is 2.44. The van der Waals surface area contributed by atoms with Gasteiger partial charge in [-0.05, 0) is 47.5 Å². The first-order valence-electron chi connectivity index (χ1n) is 10.5. The fraction of sp³-hybridized carbons (Fsp3) is 0.160. The number of likely N-dealkylation sites (tertiary alicyclic amines) is 1. The van der Waals surface area contributed by atoms with Gasteiger partial charge >= 0.3 is 0 Å². The molecule has 2 aliphatic heterocycles. The third-order valence-corrected chi connectivity index (χ3v) is 6.25. The topological polar surface area (TPSA) is 89.0 Å². The van der Waals surface area contributed by atoms with Crippen molar-refractivity contribution in [3.8, 4) is 11.5 Å². The Bertz CT molecular complexity index is 1330. The van der Waals surface area contributed by atoms with E-state index in [0.717, 1.165) is 5.56 Å². The van der Waals surface area contributed by atoms with Crippen LogP contribution in [0.5, 0.6) is 11.5 Å². The number of hydrogen-bond acceptors (Lipinski definition) is 6. The molecule has 1 atom stereocenters. The van der Waals surface area contributed by atoms with E-state index in [1.54, 1.807) is 54.9 Å². The lowest BCUT2D eigenvalue weighted by Gasteiger charge is -2.26. The second-order valence-corrected chi connectivity index (χ2v) is 8.66. The number of carbonyl (C=O) groups is 2. The second kappa shape index (κ2) is 9.00. The molecule has 3 heterocycles. The predicted molar refractivity (Wildman–Crippen MR) is 126 cm³/mol. The van der Waals surface area contributed by atoms with Gasteiger partial charge in [0.25, 0.3) is 11.7 Å². The smallest absolute Gasteiger partial charge is 0.295 e. The van der Waals surface area contributed by atoms with Crippen molar-refractivity contribution in [1.29, 1.82) is 0 Å². The Hall–Kier alpha value is -3.55. The van der Waals surface area contributed by atoms with E-state index in [0.29, 0.717) is 40.9 Å². The minimum absolute atomic E-state index is 0.0743. The van der Waals surface area contributed by atoms with Crippen LogP contribution in [0.2, 0.25) is 10.0 Å². The number of fused-ring (bicyclic) bond motifs is 1. The first kappa shape index (κ1) is 22.3. The number of aromatic nitrogens is 1. The van der Waals surface area contributed by atoms with Crippen molar-refractivity contribution < 1.29 is 24.2 Å². The molecule has 1 N–H and O–H groups in total. The number of rotatable bonds is 4. The molecule has 0 aliphatic carbocycles. The van der Waals surface area contributed by atoms with E-state index in [1.807, 2.05) is 0 Å². The van der Waals surface area contributed by atoms with Gasteiger partial charge in [-0.3, -0.25) is 14.6 Å². The van der Waals surface area contributed by atoms with Gasteiger partial charge in [0, 0.05) is 34.5 Å². The lowest BCUT2D eigenvalue weighted by molar-refractivity contribution is -0.140. The summed E-state index contributed by atoms with van der Waals surface area (Å²) in [4.78, 5) is 31.8. The number of benzene rings is 2. The van der Waals surface area contributed by atoms with Gasteiger partial charge in [-0.25, -0.2) is 0 Å². The summed E-state index contributed by atoms with van der Waals surface area (Å²) in [7, 11) is 0. The predicted octanol–water partition coefficient (Wildman–Crippen LogP) is 4.78. The maximum absolute atomic E-state index is 13.2. The van der Waals surface area contributed by atoms with Crippen LogP contribution in [-0.2, 0) is 16.1 Å². The number of hydrogen-bond donors (Lipinski definition) is 1. The second-order valence-electron chi connectivity index (χ2n) is 7.81. The molecule has 7 nitrogen and oxygen atoms in total. The molecule has 1 fully saturated rings. The standard InChI is InChI=1S/C25H18Cl2N2O5/c26-16-4-5-17(18(27)11-16)22-21(23(30)15-3-6-19-20(10-15)34-9-8-33-19)24(31)25(32)29(22)13-14-2-1-7-28-12-14/h1-7,10-12,22,30H,8-9,13H2/b23-21+. The van der Waals surface area contributed by atoms with E-state index in [-0.39, 0.29) is 22.9 Å². The minimum atomic E-state index is -0.932. The molecule has 34 heavy (non-hydrogen) atoms. The zero-order valence-electron chi connectivity index (χ0n) is 17.7. The molecular weight excluding hydrogens is 479 g/mol. The Morgan fingerprint density at radius 3 is 2.59 bits per heavy atom. The summed E-state index contributed by atoms with van der Waals surface area (Å²) >= 11 is 12.6. The van der Waals surface area contributed by atoms with Gasteiger partial charge in [-0.2, -0.15) is 0 Å². The molecule has 0 radical (unpaired) electrons. The molecule has 3 aromatic rings. The number of Topliss-reactive ketones (excluding diaryl/α,β-unsaturated/α-hetero) is 1. The number of carbonyl (C=O) groups excluding carboxylic acids is 2. The molecule has 1 saturated heterocycles. The number of amides is 1. The molecule has 0 saturated carbocycles. The summed E-state index contributed by atoms with van der Waals surface area (Å²) in [5, 5.41) is 11.9. The van der Waals surface area contributed by atoms with Crippen LogP contribution in [0.3, 0.4) is 0 Å². The molecule has 2 aliphatic rings. The molecule has 1 aromatic heterocycles. The van der Waals surface area contributed by atoms with Crippen LogP contribution in [0.1, 0.15) is 22.7 Å². The van der Waals surface area contributed by atoms with Crippen molar-refractivity contribution in [3.63, 3.8) is 0 Å². The SMILES string of the molecule is O=C1C(=O)N(Cc2cccnc2)C(c2ccc(Cl)cc2Cl)/C1=C(\O)c1ccc2c(c1)OCCO2. The van der Waals surface area contributed by atoms with Gasteiger partial charge in [0.2, 0.25) is 0 Å². The highest BCUT2D eigenvalue weighted by molar-refractivity contribution is 6.47. The highest BCUT2D eigenvalue weighted by atomic mass is 35.5. The maximum Gasteiger partial charge on any atom is 0.295 e. The quantitative estimate of drug-likeness (QED) is 0.317. The van der Waals surface area contributed by atoms with Crippen molar-refractivity contribution in [1.82, 2.24) is 9.88 Å². The van der Waals surface area contributed by atoms with Gasteiger partial charge in [0.1, 0.15) is 19.0 Å². The fourth-order valence-corrected chi connectivity index (χ4v) is 4.64. The molecular formula is C25H18Cl2N2O5. The van der Waals surface area contributed by atoms with Crippen LogP contribution in [0.25, 0.3) is 5.76 Å². The van der Waals surface area contributed by atoms with Crippen molar-refractivity contribution in [2.24, 2.45) is 0 Å². The average molecular weight is 497 g/mol. The summed E-state index contributed by atoms with van der Waals surface area (Å²) in [6.07, 6.45) is 3.23. The minimum Gasteiger partial charge on any atom is -0.507 e.